The molecule has 1 aliphatic rings. The van der Waals surface area contributed by atoms with Crippen LogP contribution in [0, 0.1) is 0 Å². The highest BCUT2D eigenvalue weighted by Gasteiger charge is 2.40. The van der Waals surface area contributed by atoms with Gasteiger partial charge in [-0.2, -0.15) is 0 Å². The van der Waals surface area contributed by atoms with Crippen LogP contribution in [0.1, 0.15) is 24.8 Å². The van der Waals surface area contributed by atoms with Gasteiger partial charge in [0.1, 0.15) is 5.75 Å². The molecule has 5 heteroatoms. The molecule has 0 radical (unpaired) electrons. The Morgan fingerprint density at radius 2 is 2.15 bits per heavy atom. The van der Waals surface area contributed by atoms with E-state index in [0.29, 0.717) is 6.54 Å². The van der Waals surface area contributed by atoms with Crippen LogP contribution >= 0.6 is 0 Å². The second-order valence-electron chi connectivity index (χ2n) is 5.31. The lowest BCUT2D eigenvalue weighted by atomic mass is 9.99. The first-order chi connectivity index (χ1) is 9.49. The number of benzene rings is 1. The number of hydrogen-bond donors (Lipinski definition) is 1. The molecule has 1 N–H and O–H groups in total. The van der Waals surface area contributed by atoms with Gasteiger partial charge < -0.3 is 14.7 Å². The van der Waals surface area contributed by atoms with Gasteiger partial charge in [-0.15, -0.1) is 0 Å². The lowest BCUT2D eigenvalue weighted by molar-refractivity contribution is -0.132. The molecule has 110 valence electrons. The van der Waals surface area contributed by atoms with Crippen LogP contribution in [0.4, 0.5) is 4.39 Å². The molecule has 1 fully saturated rings. The van der Waals surface area contributed by atoms with E-state index in [1.165, 1.54) is 4.90 Å². The monoisotopic (exact) mass is 281 g/mol. The molecule has 1 aromatic carbocycles. The molecule has 0 unspecified atom stereocenters. The Hall–Kier alpha value is -1.62. The standard InChI is InChI=1S/C15H20FNO3/c1-11(12-3-5-13(20-2)6-4-12)14(19)17-8-7-15(16,9-17)10-18/h3-6,11,18H,7-10H2,1-2H3/t11-,15-/m1/s1. The van der Waals surface area contributed by atoms with E-state index in [2.05, 4.69) is 0 Å². The first-order valence-corrected chi connectivity index (χ1v) is 6.71. The normalized spacial score (nSPS) is 23.7. The van der Waals surface area contributed by atoms with E-state index in [1.807, 2.05) is 12.1 Å². The third-order valence-corrected chi connectivity index (χ3v) is 3.89. The summed E-state index contributed by atoms with van der Waals surface area (Å²) in [6.07, 6.45) is 0.199. The molecule has 2 atom stereocenters. The van der Waals surface area contributed by atoms with Gasteiger partial charge in [0.2, 0.25) is 5.91 Å². The van der Waals surface area contributed by atoms with Crippen molar-refractivity contribution in [3.63, 3.8) is 0 Å². The third-order valence-electron chi connectivity index (χ3n) is 3.89. The Bertz CT molecular complexity index is 477. The summed E-state index contributed by atoms with van der Waals surface area (Å²) >= 11 is 0. The van der Waals surface area contributed by atoms with Crippen LogP contribution in [-0.2, 0) is 4.79 Å². The number of halogens is 1. The van der Waals surface area contributed by atoms with Gasteiger partial charge in [0.25, 0.3) is 0 Å². The molecule has 0 aromatic heterocycles. The summed E-state index contributed by atoms with van der Waals surface area (Å²) in [5.41, 5.74) is -0.772. The fourth-order valence-electron chi connectivity index (χ4n) is 2.46. The summed E-state index contributed by atoms with van der Waals surface area (Å²) in [6.45, 7) is 1.61. The molecule has 20 heavy (non-hydrogen) atoms. The van der Waals surface area contributed by atoms with Crippen LogP contribution in [0.15, 0.2) is 24.3 Å². The maximum atomic E-state index is 14.0. The number of nitrogens with zero attached hydrogens (tertiary/aromatic N) is 1. The van der Waals surface area contributed by atoms with E-state index in [4.69, 9.17) is 9.84 Å². The van der Waals surface area contributed by atoms with Crippen molar-refractivity contribution in [1.29, 1.82) is 0 Å². The number of amides is 1. The summed E-state index contributed by atoms with van der Waals surface area (Å²) in [4.78, 5) is 13.8. The molecule has 1 amide bonds. The van der Waals surface area contributed by atoms with Gasteiger partial charge >= 0.3 is 0 Å². The minimum atomic E-state index is -1.64. The first kappa shape index (κ1) is 14.8. The highest BCUT2D eigenvalue weighted by atomic mass is 19.1. The molecule has 0 bridgehead atoms. The van der Waals surface area contributed by atoms with Crippen LogP contribution in [0.2, 0.25) is 0 Å². The number of aliphatic hydroxyl groups excluding tert-OH is 1. The molecular weight excluding hydrogens is 261 g/mol. The maximum Gasteiger partial charge on any atom is 0.229 e. The molecule has 1 saturated heterocycles. The summed E-state index contributed by atoms with van der Waals surface area (Å²) in [7, 11) is 1.59. The largest absolute Gasteiger partial charge is 0.497 e. The predicted octanol–water partition coefficient (Wildman–Crippen LogP) is 1.73. The number of carbonyl (C=O) groups excluding carboxylic acids is 1. The molecule has 1 heterocycles. The quantitative estimate of drug-likeness (QED) is 0.914. The molecule has 0 saturated carbocycles. The van der Waals surface area contributed by atoms with Crippen molar-refractivity contribution in [2.45, 2.75) is 24.9 Å². The van der Waals surface area contributed by atoms with Crippen molar-refractivity contribution in [3.05, 3.63) is 29.8 Å². The smallest absolute Gasteiger partial charge is 0.229 e. The van der Waals surface area contributed by atoms with E-state index >= 15 is 0 Å². The van der Waals surface area contributed by atoms with E-state index in [-0.39, 0.29) is 24.8 Å². The second-order valence-corrected chi connectivity index (χ2v) is 5.31. The average Bonchev–Trinajstić information content (AvgIpc) is 2.89. The molecule has 2 rings (SSSR count). The van der Waals surface area contributed by atoms with Crippen LogP contribution in [-0.4, -0.2) is 48.4 Å². The van der Waals surface area contributed by atoms with Gasteiger partial charge in [0.15, 0.2) is 5.67 Å². The lowest BCUT2D eigenvalue weighted by Crippen LogP contribution is -2.37. The number of likely N-dealkylation sites (tertiary alicyclic amines) is 1. The number of hydrogen-bond acceptors (Lipinski definition) is 3. The van der Waals surface area contributed by atoms with Gasteiger partial charge in [0, 0.05) is 13.0 Å². The summed E-state index contributed by atoms with van der Waals surface area (Å²) in [5.74, 6) is 0.294. The van der Waals surface area contributed by atoms with Crippen molar-refractivity contribution in [1.82, 2.24) is 4.90 Å². The number of ether oxygens (including phenoxy) is 1. The first-order valence-electron chi connectivity index (χ1n) is 6.71. The average molecular weight is 281 g/mol. The molecule has 4 nitrogen and oxygen atoms in total. The third kappa shape index (κ3) is 2.93. The predicted molar refractivity (Wildman–Crippen MR) is 73.5 cm³/mol. The maximum absolute atomic E-state index is 14.0. The van der Waals surface area contributed by atoms with Gasteiger partial charge in [-0.1, -0.05) is 12.1 Å². The fourth-order valence-corrected chi connectivity index (χ4v) is 2.46. The molecule has 1 aromatic rings. The summed E-state index contributed by atoms with van der Waals surface area (Å²) in [5, 5.41) is 9.01. The summed E-state index contributed by atoms with van der Waals surface area (Å²) in [6, 6.07) is 7.28. The van der Waals surface area contributed by atoms with Gasteiger partial charge in [-0.05, 0) is 24.6 Å². The van der Waals surface area contributed by atoms with Gasteiger partial charge in [-0.25, -0.2) is 4.39 Å². The zero-order valence-electron chi connectivity index (χ0n) is 11.8. The van der Waals surface area contributed by atoms with E-state index < -0.39 is 12.3 Å². The summed E-state index contributed by atoms with van der Waals surface area (Å²) < 4.78 is 19.0. The number of aliphatic hydroxyl groups is 1. The zero-order chi connectivity index (χ0) is 14.8. The van der Waals surface area contributed by atoms with E-state index in [9.17, 15) is 9.18 Å². The number of carbonyl (C=O) groups is 1. The van der Waals surface area contributed by atoms with Crippen LogP contribution in [0.25, 0.3) is 0 Å². The highest BCUT2D eigenvalue weighted by Crippen LogP contribution is 2.28. The minimum Gasteiger partial charge on any atom is -0.497 e. The van der Waals surface area contributed by atoms with Crippen molar-refractivity contribution in [2.75, 3.05) is 26.8 Å². The SMILES string of the molecule is COc1ccc([C@@H](C)C(=O)N2CC[C@](F)(CO)C2)cc1. The highest BCUT2D eigenvalue weighted by molar-refractivity contribution is 5.83. The van der Waals surface area contributed by atoms with Gasteiger partial charge in [-0.3, -0.25) is 4.79 Å². The van der Waals surface area contributed by atoms with E-state index in [0.717, 1.165) is 11.3 Å². The Morgan fingerprint density at radius 3 is 2.65 bits per heavy atom. The fraction of sp³-hybridized carbons (Fsp3) is 0.533. The lowest BCUT2D eigenvalue weighted by Gasteiger charge is -2.22. The molecule has 0 aliphatic carbocycles. The molecule has 0 spiro atoms. The Kier molecular flexibility index (Phi) is 4.28. The van der Waals surface area contributed by atoms with E-state index in [1.54, 1.807) is 26.2 Å². The second kappa shape index (κ2) is 5.79. The van der Waals surface area contributed by atoms with Crippen LogP contribution < -0.4 is 4.74 Å². The minimum absolute atomic E-state index is 0.0250. The zero-order valence-corrected chi connectivity index (χ0v) is 11.8. The Morgan fingerprint density at radius 1 is 1.50 bits per heavy atom. The number of methoxy groups -OCH3 is 1. The number of alkyl halides is 1. The van der Waals surface area contributed by atoms with Crippen molar-refractivity contribution in [3.8, 4) is 5.75 Å². The van der Waals surface area contributed by atoms with Crippen LogP contribution in [0.5, 0.6) is 5.75 Å². The van der Waals surface area contributed by atoms with Crippen molar-refractivity contribution in [2.24, 2.45) is 0 Å². The Labute approximate surface area is 118 Å². The Balaban J connectivity index is 2.05. The van der Waals surface area contributed by atoms with Gasteiger partial charge in [0.05, 0.1) is 26.2 Å². The topological polar surface area (TPSA) is 49.8 Å². The number of rotatable bonds is 4. The van der Waals surface area contributed by atoms with Crippen LogP contribution in [0.3, 0.4) is 0 Å². The van der Waals surface area contributed by atoms with Crippen molar-refractivity contribution < 1.29 is 19.0 Å². The van der Waals surface area contributed by atoms with Crippen molar-refractivity contribution >= 4 is 5.91 Å². The molecule has 1 aliphatic heterocycles. The molecular formula is C15H20FNO3.